The van der Waals surface area contributed by atoms with E-state index in [0.29, 0.717) is 42.9 Å². The van der Waals surface area contributed by atoms with Crippen LogP contribution in [0.4, 0.5) is 0 Å². The fourth-order valence-electron chi connectivity index (χ4n) is 11.5. The average Bonchev–Trinajstić information content (AvgIpc) is 3.56. The molecule has 0 N–H and O–H groups in total. The molecule has 0 bridgehead atoms. The molecular formula is C34H55BrN2O5. The third-order valence-electron chi connectivity index (χ3n) is 13.3. The summed E-state index contributed by atoms with van der Waals surface area (Å²) in [5.41, 5.74) is 0.0396. The van der Waals surface area contributed by atoms with Crippen LogP contribution in [0.5, 0.6) is 0 Å². The summed E-state index contributed by atoms with van der Waals surface area (Å²) in [6.07, 6.45) is 11.2. The second-order valence-corrected chi connectivity index (χ2v) is 15.0. The van der Waals surface area contributed by atoms with Gasteiger partial charge in [0.2, 0.25) is 0 Å². The van der Waals surface area contributed by atoms with E-state index in [1.807, 2.05) is 0 Å². The van der Waals surface area contributed by atoms with Crippen molar-refractivity contribution >= 4 is 11.9 Å². The van der Waals surface area contributed by atoms with E-state index < -0.39 is 18.9 Å². The van der Waals surface area contributed by atoms with Crippen molar-refractivity contribution in [2.45, 2.75) is 110 Å². The number of fused-ring (bicyclic) bond motifs is 5. The van der Waals surface area contributed by atoms with Gasteiger partial charge in [-0.1, -0.05) is 20.4 Å². The Hall–Kier alpha value is -0.960. The molecule has 2 saturated heterocycles. The number of nitrogens with zero attached hydrogens (tertiary/aromatic N) is 2. The molecule has 0 spiro atoms. The average molecular weight is 655 g/mol. The highest BCUT2D eigenvalue weighted by atomic mass is 79.9. The van der Waals surface area contributed by atoms with E-state index in [1.54, 1.807) is 6.92 Å². The number of carbonyl (C=O) groups is 2. The van der Waals surface area contributed by atoms with E-state index in [1.165, 1.54) is 12.8 Å². The first-order valence-corrected chi connectivity index (χ1v) is 16.5. The Morgan fingerprint density at radius 2 is 1.79 bits per heavy atom. The number of esters is 2. The van der Waals surface area contributed by atoms with E-state index in [-0.39, 0.29) is 45.9 Å². The van der Waals surface area contributed by atoms with E-state index in [9.17, 15) is 9.59 Å². The topological polar surface area (TPSA) is 65.1 Å². The van der Waals surface area contributed by atoms with Gasteiger partial charge in [0.25, 0.3) is 0 Å². The second kappa shape index (κ2) is 12.4. The van der Waals surface area contributed by atoms with Crippen molar-refractivity contribution in [2.75, 3.05) is 45.9 Å². The van der Waals surface area contributed by atoms with Gasteiger partial charge in [-0.3, -0.25) is 14.5 Å². The molecule has 6 fully saturated rings. The number of rotatable bonds is 6. The van der Waals surface area contributed by atoms with Crippen LogP contribution in [0.2, 0.25) is 0 Å². The molecular weight excluding hydrogens is 596 g/mol. The largest absolute Gasteiger partial charge is 1.00 e. The number of hydrogen-bond donors (Lipinski definition) is 0. The molecule has 10 atom stereocenters. The number of carbonyl (C=O) groups excluding carboxylic acids is 2. The predicted octanol–water partition coefficient (Wildman–Crippen LogP) is 1.98. The number of morpholine rings is 1. The Morgan fingerprint density at radius 1 is 1.05 bits per heavy atom. The lowest BCUT2D eigenvalue weighted by atomic mass is 9.44. The lowest BCUT2D eigenvalue weighted by Crippen LogP contribution is -3.00. The molecule has 0 amide bonds. The Morgan fingerprint density at radius 3 is 2.45 bits per heavy atom. The highest BCUT2D eigenvalue weighted by Crippen LogP contribution is 2.67. The molecule has 238 valence electrons. The van der Waals surface area contributed by atoms with Crippen LogP contribution in [0.25, 0.3) is 0 Å². The van der Waals surface area contributed by atoms with Crippen molar-refractivity contribution in [3.8, 4) is 0 Å². The van der Waals surface area contributed by atoms with E-state index in [0.717, 1.165) is 82.2 Å². The maximum Gasteiger partial charge on any atom is 0.303 e. The van der Waals surface area contributed by atoms with Crippen LogP contribution < -0.4 is 17.0 Å². The van der Waals surface area contributed by atoms with Crippen LogP contribution in [0.3, 0.4) is 0 Å². The maximum atomic E-state index is 12.6. The summed E-state index contributed by atoms with van der Waals surface area (Å²) in [6.45, 7) is 14.0. The first kappa shape index (κ1) is 28.5. The van der Waals surface area contributed by atoms with Crippen molar-refractivity contribution in [2.24, 2.45) is 34.5 Å². The monoisotopic (exact) mass is 653 g/mol. The fourth-order valence-corrected chi connectivity index (χ4v) is 11.5. The zero-order chi connectivity index (χ0) is 31.5. The van der Waals surface area contributed by atoms with Gasteiger partial charge in [-0.05, 0) is 73.7 Å². The number of likely N-dealkylation sites (tertiary alicyclic amines) is 1. The predicted molar refractivity (Wildman–Crippen MR) is 158 cm³/mol. The molecule has 4 saturated carbocycles. The molecule has 0 radical (unpaired) electrons. The quantitative estimate of drug-likeness (QED) is 0.248. The Kier molecular flexibility index (Phi) is 8.44. The lowest BCUT2D eigenvalue weighted by molar-refractivity contribution is -0.937. The zero-order valence-electron chi connectivity index (χ0n) is 29.0. The van der Waals surface area contributed by atoms with E-state index in [2.05, 4.69) is 31.4 Å². The Balaban J connectivity index is 0.00000400. The normalized spacial score (nSPS) is 45.9. The van der Waals surface area contributed by atoms with Crippen LogP contribution in [0, 0.1) is 34.5 Å². The Labute approximate surface area is 268 Å². The molecule has 42 heavy (non-hydrogen) atoms. The summed E-state index contributed by atoms with van der Waals surface area (Å²) >= 11 is 0. The summed E-state index contributed by atoms with van der Waals surface area (Å²) in [5, 5.41) is 0. The van der Waals surface area contributed by atoms with Crippen LogP contribution in [-0.2, 0) is 23.8 Å². The van der Waals surface area contributed by atoms with E-state index in [4.69, 9.17) is 18.3 Å². The first-order chi connectivity index (χ1) is 20.8. The van der Waals surface area contributed by atoms with Crippen molar-refractivity contribution in [1.29, 1.82) is 0 Å². The minimum absolute atomic E-state index is 0. The number of halogens is 1. The van der Waals surface area contributed by atoms with Gasteiger partial charge < -0.3 is 35.7 Å². The summed E-state index contributed by atoms with van der Waals surface area (Å²) < 4.78 is 41.9. The highest BCUT2D eigenvalue weighted by molar-refractivity contribution is 5.66. The third-order valence-corrected chi connectivity index (χ3v) is 13.3. The van der Waals surface area contributed by atoms with E-state index >= 15 is 0 Å². The summed E-state index contributed by atoms with van der Waals surface area (Å²) in [6, 6.07) is 0.310. The number of ether oxygens (including phenoxy) is 3. The van der Waals surface area contributed by atoms with Gasteiger partial charge in [0, 0.05) is 61.7 Å². The van der Waals surface area contributed by atoms with Crippen LogP contribution in [0.15, 0.2) is 12.7 Å². The summed E-state index contributed by atoms with van der Waals surface area (Å²) in [5.74, 6) is 0.773. The van der Waals surface area contributed by atoms with Gasteiger partial charge in [0.05, 0.1) is 32.8 Å². The van der Waals surface area contributed by atoms with Crippen molar-refractivity contribution < 1.29 is 49.4 Å². The number of hydrogen-bond acceptors (Lipinski definition) is 6. The minimum atomic E-state index is -2.75. The smallest absolute Gasteiger partial charge is 0.303 e. The van der Waals surface area contributed by atoms with Gasteiger partial charge in [0.15, 0.2) is 6.10 Å². The van der Waals surface area contributed by atoms with Crippen molar-refractivity contribution in [3.05, 3.63) is 12.7 Å². The maximum absolute atomic E-state index is 12.6. The fraction of sp³-hybridized carbons (Fsp3) is 0.882. The Bertz CT molecular complexity index is 1110. The van der Waals surface area contributed by atoms with Crippen molar-refractivity contribution in [3.63, 3.8) is 0 Å². The SMILES string of the molecule is [2H]C([2H])([2H])C(=O)O[C@H]1C[C@@H]2CC[C@@H]3[C@H](CC[C@@]4(C)[C@H]3C[C@H]([N+]3(CC=C)CCCC3)[C@@H]4OC(C)=O)[C@@]2(C)C[C@@H]1N1CCOCC1.[Br-]. The zero-order valence-corrected chi connectivity index (χ0v) is 27.6. The third kappa shape index (κ3) is 5.43. The molecule has 0 aromatic rings. The minimum Gasteiger partial charge on any atom is -1.00 e. The molecule has 2 heterocycles. The molecule has 7 nitrogen and oxygen atoms in total. The first-order valence-electron chi connectivity index (χ1n) is 18.0. The molecule has 6 rings (SSSR count). The molecule has 8 heteroatoms. The van der Waals surface area contributed by atoms with Gasteiger partial charge in [-0.2, -0.15) is 0 Å². The molecule has 6 aliphatic rings. The molecule has 2 aliphatic heterocycles. The molecule has 0 aromatic carbocycles. The van der Waals surface area contributed by atoms with Crippen molar-refractivity contribution in [1.82, 2.24) is 4.90 Å². The summed E-state index contributed by atoms with van der Waals surface area (Å²) in [7, 11) is 0. The highest BCUT2D eigenvalue weighted by Gasteiger charge is 2.67. The summed E-state index contributed by atoms with van der Waals surface area (Å²) in [4.78, 5) is 27.6. The van der Waals surface area contributed by atoms with Gasteiger partial charge in [-0.15, -0.1) is 0 Å². The number of quaternary nitrogens is 1. The van der Waals surface area contributed by atoms with Crippen LogP contribution in [-0.4, -0.2) is 91.6 Å². The molecule has 4 aliphatic carbocycles. The molecule has 0 aromatic heterocycles. The van der Waals surface area contributed by atoms with Crippen LogP contribution in [0.1, 0.15) is 89.5 Å². The van der Waals surface area contributed by atoms with Gasteiger partial charge >= 0.3 is 11.9 Å². The van der Waals surface area contributed by atoms with Gasteiger partial charge in [-0.25, -0.2) is 0 Å². The lowest BCUT2D eigenvalue weighted by Gasteiger charge is -2.62. The van der Waals surface area contributed by atoms with Gasteiger partial charge in [0.1, 0.15) is 12.1 Å². The second-order valence-electron chi connectivity index (χ2n) is 15.0. The standard InChI is InChI=1S/C34H55N2O5.BrH/c1-6-15-36(16-7-8-17-36)30-21-28-26-10-9-25-20-31(40-23(2)37)29(35-13-18-39-19-14-35)22-34(25,5)27(26)11-12-33(28,4)32(30)41-24(3)38;/h6,25-32H,1,7-22H2,2-5H3;1H/q+1;/p-1/t25-,26+,27-,28-,29-,30-,31-,32-,33-,34-;/m0./s1/i2D3;. The van der Waals surface area contributed by atoms with Crippen LogP contribution >= 0.6 is 0 Å². The molecule has 0 unspecified atom stereocenters.